The number of methoxy groups -OCH3 is 1. The van der Waals surface area contributed by atoms with Crippen LogP contribution >= 0.6 is 0 Å². The Morgan fingerprint density at radius 2 is 0.814 bits per heavy atom. The number of allylic oxidation sites excluding steroid dienone is 2. The molecule has 0 aromatic carbocycles. The lowest BCUT2D eigenvalue weighted by atomic mass is 9.91. The van der Waals surface area contributed by atoms with E-state index in [2.05, 4.69) is 169 Å². The van der Waals surface area contributed by atoms with E-state index in [1.54, 1.807) is 12.0 Å². The van der Waals surface area contributed by atoms with Crippen molar-refractivity contribution in [1.82, 2.24) is 50.7 Å². The van der Waals surface area contributed by atoms with E-state index in [4.69, 9.17) is 29.4 Å². The summed E-state index contributed by atoms with van der Waals surface area (Å²) in [6.07, 6.45) is 25.1. The van der Waals surface area contributed by atoms with E-state index in [9.17, 15) is 19.2 Å². The van der Waals surface area contributed by atoms with Gasteiger partial charge in [-0.05, 0) is 146 Å². The number of rotatable bonds is 64. The molecule has 0 heterocycles. The van der Waals surface area contributed by atoms with E-state index in [1.807, 2.05) is 0 Å². The Balaban J connectivity index is 5.75. The molecule has 0 fully saturated rings. The number of nitrogens with two attached hydrogens (primary N) is 1. The summed E-state index contributed by atoms with van der Waals surface area (Å²) in [5.74, 6) is -0.691. The van der Waals surface area contributed by atoms with Crippen LogP contribution in [0.4, 0.5) is 0 Å². The van der Waals surface area contributed by atoms with Crippen molar-refractivity contribution in [2.24, 2.45) is 11.1 Å². The number of nitrogens with zero attached hydrogens (tertiary/aromatic N) is 6. The van der Waals surface area contributed by atoms with Gasteiger partial charge in [-0.25, -0.2) is 0 Å². The van der Waals surface area contributed by atoms with Crippen LogP contribution in [0, 0.1) is 5.41 Å². The minimum absolute atomic E-state index is 0.0130. The molecule has 0 bridgehead atoms. The number of carbonyl (C=O) groups excluding carboxylic acids is 4. The normalized spacial score (nSPS) is 12.8. The second-order valence-corrected chi connectivity index (χ2v) is 32.2. The van der Waals surface area contributed by atoms with Crippen molar-refractivity contribution < 1.29 is 42.9 Å². The summed E-state index contributed by atoms with van der Waals surface area (Å²) in [5, 5.41) is 14.7. The summed E-state index contributed by atoms with van der Waals surface area (Å²) < 4.78 is 27.1. The molecular formula is C77H157N11O9. The van der Waals surface area contributed by atoms with E-state index >= 15 is 0 Å². The largest absolute Gasteiger partial charge is 0.464 e. The topological polar surface area (TPSA) is 208 Å². The molecule has 20 nitrogen and oxygen atoms in total. The lowest BCUT2D eigenvalue weighted by Crippen LogP contribution is -2.50. The van der Waals surface area contributed by atoms with E-state index in [0.29, 0.717) is 58.6 Å². The molecule has 0 spiro atoms. The summed E-state index contributed by atoms with van der Waals surface area (Å²) in [5.41, 5.74) is 6.34. The summed E-state index contributed by atoms with van der Waals surface area (Å²) >= 11 is 0. The number of hydrogen-bond acceptors (Lipinski definition) is 19. The molecule has 20 heteroatoms. The number of amides is 1. The van der Waals surface area contributed by atoms with Crippen molar-refractivity contribution in [3.8, 4) is 0 Å². The van der Waals surface area contributed by atoms with Crippen LogP contribution in [-0.2, 0) is 42.9 Å². The highest BCUT2D eigenvalue weighted by Crippen LogP contribution is 2.21. The Bertz CT molecular complexity index is 1930. The Labute approximate surface area is 596 Å². The van der Waals surface area contributed by atoms with Crippen molar-refractivity contribution in [2.45, 2.75) is 268 Å². The first-order chi connectivity index (χ1) is 45.9. The summed E-state index contributed by atoms with van der Waals surface area (Å²) in [6, 6.07) is 0. The molecule has 574 valence electrons. The molecule has 97 heavy (non-hydrogen) atoms. The highest BCUT2D eigenvalue weighted by atomic mass is 16.6. The smallest absolute Gasteiger partial charge is 0.307 e. The predicted molar refractivity (Wildman–Crippen MR) is 406 cm³/mol. The van der Waals surface area contributed by atoms with Gasteiger partial charge in [-0.2, -0.15) is 0 Å². The Hall–Kier alpha value is -2.86. The lowest BCUT2D eigenvalue weighted by molar-refractivity contribution is -0.148. The van der Waals surface area contributed by atoms with Gasteiger partial charge in [0.05, 0.1) is 39.3 Å². The van der Waals surface area contributed by atoms with E-state index in [0.717, 1.165) is 176 Å². The molecule has 0 saturated heterocycles. The third-order valence-corrected chi connectivity index (χ3v) is 17.2. The van der Waals surface area contributed by atoms with Crippen LogP contribution in [0.15, 0.2) is 12.2 Å². The van der Waals surface area contributed by atoms with Crippen LogP contribution in [0.3, 0.4) is 0 Å². The average molecular weight is 1380 g/mol. The van der Waals surface area contributed by atoms with Crippen LogP contribution in [0.1, 0.15) is 246 Å². The Morgan fingerprint density at radius 1 is 0.392 bits per heavy atom. The van der Waals surface area contributed by atoms with Crippen molar-refractivity contribution >= 4 is 23.8 Å². The zero-order chi connectivity index (χ0) is 72.7. The maximum atomic E-state index is 13.6. The molecule has 0 rings (SSSR count). The average Bonchev–Trinajstić information content (AvgIpc) is 1.20. The van der Waals surface area contributed by atoms with E-state index < -0.39 is 0 Å². The van der Waals surface area contributed by atoms with E-state index in [-0.39, 0.29) is 84.3 Å². The molecule has 6 N–H and O–H groups in total. The second kappa shape index (κ2) is 57.6. The molecule has 1 amide bonds. The highest BCUT2D eigenvalue weighted by Gasteiger charge is 2.24. The summed E-state index contributed by atoms with van der Waals surface area (Å²) in [4.78, 5) is 66.3. The molecule has 0 radical (unpaired) electrons. The van der Waals surface area contributed by atoms with Gasteiger partial charge in [0, 0.05) is 173 Å². The molecule has 0 aliphatic heterocycles. The second-order valence-electron chi connectivity index (χ2n) is 32.2. The van der Waals surface area contributed by atoms with Crippen molar-refractivity contribution in [1.29, 1.82) is 0 Å². The van der Waals surface area contributed by atoms with Crippen LogP contribution in [0.2, 0.25) is 0 Å². The molecule has 0 aromatic heterocycles. The first-order valence-electron chi connectivity index (χ1n) is 38.6. The monoisotopic (exact) mass is 1380 g/mol. The van der Waals surface area contributed by atoms with Gasteiger partial charge in [0.2, 0.25) is 5.91 Å². The third kappa shape index (κ3) is 63.8. The van der Waals surface area contributed by atoms with Gasteiger partial charge in [0.15, 0.2) is 0 Å². The number of esters is 3. The molecule has 0 aromatic rings. The Morgan fingerprint density at radius 3 is 1.30 bits per heavy atom. The van der Waals surface area contributed by atoms with Gasteiger partial charge in [0.1, 0.15) is 19.8 Å². The molecule has 0 saturated carbocycles. The van der Waals surface area contributed by atoms with Crippen LogP contribution in [-0.4, -0.2) is 266 Å². The molecule has 0 aliphatic carbocycles. The fourth-order valence-corrected chi connectivity index (χ4v) is 11.1. The molecule has 0 aliphatic rings. The first kappa shape index (κ1) is 94.1. The SMILES string of the molecule is CCCCCCCC/C=C\CCCCCCCC(=O)N(CCOC(=O)CCCCCN(CCNC(C)(C)C)CCN(CCNC(C)(C)C)CCN(CCNC(C)(C)C)CCN(CCN)CCN(CCNCCC(=O)OCCOCCOC)C(C)(C)C)CCOC(=O)CCC(C)(C)C. The first-order valence-corrected chi connectivity index (χ1v) is 38.6. The van der Waals surface area contributed by atoms with Crippen molar-refractivity contribution in [2.75, 3.05) is 191 Å². The van der Waals surface area contributed by atoms with E-state index in [1.165, 1.54) is 51.4 Å². The quantitative estimate of drug-likeness (QED) is 0.0166. The number of carbonyl (C=O) groups is 4. The predicted octanol–water partition coefficient (Wildman–Crippen LogP) is 10.9. The number of hydrogen-bond donors (Lipinski definition) is 5. The van der Waals surface area contributed by atoms with Crippen LogP contribution < -0.4 is 27.0 Å². The van der Waals surface area contributed by atoms with Gasteiger partial charge in [-0.15, -0.1) is 0 Å². The molecule has 0 atom stereocenters. The molecular weight excluding hydrogens is 1220 g/mol. The minimum atomic E-state index is -0.246. The van der Waals surface area contributed by atoms with Crippen LogP contribution in [0.25, 0.3) is 0 Å². The number of nitrogens with one attached hydrogen (secondary N) is 4. The minimum Gasteiger partial charge on any atom is -0.464 e. The lowest BCUT2D eigenvalue weighted by Gasteiger charge is -2.38. The van der Waals surface area contributed by atoms with Crippen molar-refractivity contribution in [3.05, 3.63) is 12.2 Å². The fraction of sp³-hybridized carbons (Fsp3) is 0.922. The van der Waals surface area contributed by atoms with Gasteiger partial charge < -0.3 is 60.5 Å². The zero-order valence-electron chi connectivity index (χ0n) is 66.2. The standard InChI is InChI=1S/C77H157N11O9/c1-18-19-20-21-22-23-24-25-26-27-28-29-30-31-33-36-69(89)87(62-64-96-71(91)38-40-73(2,3)4)61-63-95-70(90)37-34-32-35-47-83(49-44-80-74(5,6)7)53-55-85(50-45-81-75(8,9)10)57-58-86(51-46-82-76(11,12)13)56-54-84(48-41-78)59-60-88(77(14,15)16)52-43-79-42-39-72(92)97-68-67-94-66-65-93-17/h25-26,79-82H,18-24,27-68,78H2,1-17H3/b26-25-. The van der Waals surface area contributed by atoms with Crippen molar-refractivity contribution in [3.63, 3.8) is 0 Å². The summed E-state index contributed by atoms with van der Waals surface area (Å²) in [6.45, 7) is 55.5. The van der Waals surface area contributed by atoms with Gasteiger partial charge >= 0.3 is 17.9 Å². The fourth-order valence-electron chi connectivity index (χ4n) is 11.1. The maximum absolute atomic E-state index is 13.6. The van der Waals surface area contributed by atoms with Gasteiger partial charge in [0.25, 0.3) is 0 Å². The number of ether oxygens (including phenoxy) is 5. The molecule has 0 unspecified atom stereocenters. The van der Waals surface area contributed by atoms with Gasteiger partial charge in [-0.1, -0.05) is 97.6 Å². The maximum Gasteiger partial charge on any atom is 0.307 e. The Kier molecular flexibility index (Phi) is 55.9. The zero-order valence-corrected chi connectivity index (χ0v) is 66.2. The van der Waals surface area contributed by atoms with Crippen LogP contribution in [0.5, 0.6) is 0 Å². The van der Waals surface area contributed by atoms with Gasteiger partial charge in [-0.3, -0.25) is 38.8 Å². The highest BCUT2D eigenvalue weighted by molar-refractivity contribution is 5.76. The third-order valence-electron chi connectivity index (χ3n) is 17.2. The number of unbranched alkanes of at least 4 members (excludes halogenated alkanes) is 13. The summed E-state index contributed by atoms with van der Waals surface area (Å²) in [7, 11) is 1.63.